The molecule has 0 saturated heterocycles. The lowest BCUT2D eigenvalue weighted by atomic mass is 9.77. The Hall–Kier alpha value is -0.820. The van der Waals surface area contributed by atoms with Gasteiger partial charge >= 0.3 is 0 Å². The van der Waals surface area contributed by atoms with Crippen LogP contribution in [0.25, 0.3) is 0 Å². The number of nitrogens with one attached hydrogen (secondary N) is 1. The molecule has 0 aromatic heterocycles. The SMILES string of the molecule is CCCNCC(Cc1ccccc1C)C1CCCCC1. The van der Waals surface area contributed by atoms with Crippen LogP contribution >= 0.6 is 0 Å². The maximum absolute atomic E-state index is 3.67. The summed E-state index contributed by atoms with van der Waals surface area (Å²) in [6.45, 7) is 6.88. The Morgan fingerprint density at radius 3 is 2.60 bits per heavy atom. The van der Waals surface area contributed by atoms with Crippen molar-refractivity contribution >= 4 is 0 Å². The summed E-state index contributed by atoms with van der Waals surface area (Å²) in [4.78, 5) is 0. The van der Waals surface area contributed by atoms with Crippen LogP contribution in [0.5, 0.6) is 0 Å². The van der Waals surface area contributed by atoms with Crippen molar-refractivity contribution in [3.05, 3.63) is 35.4 Å². The highest BCUT2D eigenvalue weighted by Gasteiger charge is 2.23. The molecule has 1 unspecified atom stereocenters. The van der Waals surface area contributed by atoms with Crippen LogP contribution in [-0.2, 0) is 6.42 Å². The summed E-state index contributed by atoms with van der Waals surface area (Å²) in [6, 6.07) is 8.93. The largest absolute Gasteiger partial charge is 0.316 e. The molecular formula is C19H31N. The van der Waals surface area contributed by atoms with Crippen molar-refractivity contribution in [1.29, 1.82) is 0 Å². The average Bonchev–Trinajstić information content (AvgIpc) is 2.49. The third kappa shape index (κ3) is 4.63. The predicted molar refractivity (Wildman–Crippen MR) is 88.1 cm³/mol. The fourth-order valence-corrected chi connectivity index (χ4v) is 3.60. The van der Waals surface area contributed by atoms with Crippen LogP contribution in [0.15, 0.2) is 24.3 Å². The van der Waals surface area contributed by atoms with Gasteiger partial charge in [0.15, 0.2) is 0 Å². The van der Waals surface area contributed by atoms with Crippen LogP contribution in [0.2, 0.25) is 0 Å². The first-order chi connectivity index (χ1) is 9.81. The zero-order chi connectivity index (χ0) is 14.2. The molecule has 1 nitrogen and oxygen atoms in total. The van der Waals surface area contributed by atoms with Crippen molar-refractivity contribution < 1.29 is 0 Å². The first kappa shape index (κ1) is 15.6. The van der Waals surface area contributed by atoms with Gasteiger partial charge < -0.3 is 5.32 Å². The van der Waals surface area contributed by atoms with E-state index in [4.69, 9.17) is 0 Å². The lowest BCUT2D eigenvalue weighted by molar-refractivity contribution is 0.239. The maximum Gasteiger partial charge on any atom is -0.00147 e. The fourth-order valence-electron chi connectivity index (χ4n) is 3.60. The Morgan fingerprint density at radius 2 is 1.90 bits per heavy atom. The molecule has 1 saturated carbocycles. The molecular weight excluding hydrogens is 242 g/mol. The number of hydrogen-bond donors (Lipinski definition) is 1. The quantitative estimate of drug-likeness (QED) is 0.708. The van der Waals surface area contributed by atoms with Gasteiger partial charge in [-0.3, -0.25) is 0 Å². The van der Waals surface area contributed by atoms with Gasteiger partial charge in [0, 0.05) is 0 Å². The first-order valence-electron chi connectivity index (χ1n) is 8.56. The van der Waals surface area contributed by atoms with E-state index in [1.165, 1.54) is 57.1 Å². The van der Waals surface area contributed by atoms with Crippen molar-refractivity contribution in [3.8, 4) is 0 Å². The second kappa shape index (κ2) is 8.46. The summed E-state index contributed by atoms with van der Waals surface area (Å²) in [5.74, 6) is 1.76. The van der Waals surface area contributed by atoms with Gasteiger partial charge in [0.05, 0.1) is 0 Å². The number of aryl methyl sites for hydroxylation is 1. The van der Waals surface area contributed by atoms with E-state index in [9.17, 15) is 0 Å². The topological polar surface area (TPSA) is 12.0 Å². The molecule has 2 rings (SSSR count). The van der Waals surface area contributed by atoms with Crippen LogP contribution in [0.4, 0.5) is 0 Å². The van der Waals surface area contributed by atoms with Crippen molar-refractivity contribution in [3.63, 3.8) is 0 Å². The van der Waals surface area contributed by atoms with Gasteiger partial charge in [-0.25, -0.2) is 0 Å². The summed E-state index contributed by atoms with van der Waals surface area (Å²) >= 11 is 0. The van der Waals surface area contributed by atoms with E-state index >= 15 is 0 Å². The number of benzene rings is 1. The highest BCUT2D eigenvalue weighted by molar-refractivity contribution is 5.26. The Labute approximate surface area is 125 Å². The third-order valence-corrected chi connectivity index (χ3v) is 4.89. The molecule has 1 fully saturated rings. The predicted octanol–water partition coefficient (Wildman–Crippen LogP) is 4.73. The van der Waals surface area contributed by atoms with Gasteiger partial charge in [0.1, 0.15) is 0 Å². The van der Waals surface area contributed by atoms with Crippen molar-refractivity contribution in [2.45, 2.75) is 58.8 Å². The van der Waals surface area contributed by atoms with Crippen LogP contribution in [-0.4, -0.2) is 13.1 Å². The van der Waals surface area contributed by atoms with Gasteiger partial charge in [-0.1, -0.05) is 63.3 Å². The van der Waals surface area contributed by atoms with Crippen LogP contribution < -0.4 is 5.32 Å². The highest BCUT2D eigenvalue weighted by atomic mass is 14.9. The average molecular weight is 273 g/mol. The monoisotopic (exact) mass is 273 g/mol. The summed E-state index contributed by atoms with van der Waals surface area (Å²) in [7, 11) is 0. The summed E-state index contributed by atoms with van der Waals surface area (Å²) in [5.41, 5.74) is 3.02. The molecule has 1 aromatic rings. The lowest BCUT2D eigenvalue weighted by Crippen LogP contribution is -2.31. The minimum atomic E-state index is 0.822. The van der Waals surface area contributed by atoms with E-state index in [2.05, 4.69) is 43.4 Å². The van der Waals surface area contributed by atoms with Gasteiger partial charge in [-0.05, 0) is 55.8 Å². The Kier molecular flexibility index (Phi) is 6.59. The van der Waals surface area contributed by atoms with Gasteiger partial charge in [0.25, 0.3) is 0 Å². The van der Waals surface area contributed by atoms with E-state index in [0.717, 1.165) is 18.4 Å². The number of hydrogen-bond acceptors (Lipinski definition) is 1. The minimum Gasteiger partial charge on any atom is -0.316 e. The zero-order valence-electron chi connectivity index (χ0n) is 13.3. The van der Waals surface area contributed by atoms with Crippen LogP contribution in [0.3, 0.4) is 0 Å². The highest BCUT2D eigenvalue weighted by Crippen LogP contribution is 2.32. The molecule has 0 amide bonds. The van der Waals surface area contributed by atoms with Gasteiger partial charge in [0.2, 0.25) is 0 Å². The lowest BCUT2D eigenvalue weighted by Gasteiger charge is -2.31. The van der Waals surface area contributed by atoms with E-state index < -0.39 is 0 Å². The molecule has 112 valence electrons. The van der Waals surface area contributed by atoms with Crippen molar-refractivity contribution in [2.75, 3.05) is 13.1 Å². The number of rotatable bonds is 7. The zero-order valence-corrected chi connectivity index (χ0v) is 13.3. The standard InChI is InChI=1S/C19H31N/c1-3-13-20-15-19(17-10-5-4-6-11-17)14-18-12-8-7-9-16(18)2/h7-9,12,17,19-20H,3-6,10-11,13-15H2,1-2H3. The van der Waals surface area contributed by atoms with Crippen molar-refractivity contribution in [1.82, 2.24) is 5.32 Å². The molecule has 20 heavy (non-hydrogen) atoms. The summed E-state index contributed by atoms with van der Waals surface area (Å²) in [5, 5.41) is 3.67. The molecule has 1 aliphatic rings. The summed E-state index contributed by atoms with van der Waals surface area (Å²) in [6.07, 6.45) is 9.74. The summed E-state index contributed by atoms with van der Waals surface area (Å²) < 4.78 is 0. The molecule has 0 radical (unpaired) electrons. The molecule has 1 N–H and O–H groups in total. The van der Waals surface area contributed by atoms with E-state index in [1.807, 2.05) is 0 Å². The van der Waals surface area contributed by atoms with Crippen LogP contribution in [0, 0.1) is 18.8 Å². The third-order valence-electron chi connectivity index (χ3n) is 4.89. The Morgan fingerprint density at radius 1 is 1.15 bits per heavy atom. The molecule has 1 aliphatic carbocycles. The normalized spacial score (nSPS) is 18.1. The molecule has 0 spiro atoms. The molecule has 1 heteroatoms. The minimum absolute atomic E-state index is 0.822. The smallest absolute Gasteiger partial charge is 0.00147 e. The second-order valence-corrected chi connectivity index (χ2v) is 6.49. The molecule has 0 bridgehead atoms. The van der Waals surface area contributed by atoms with E-state index in [1.54, 1.807) is 5.56 Å². The molecule has 0 aliphatic heterocycles. The maximum atomic E-state index is 3.67. The fraction of sp³-hybridized carbons (Fsp3) is 0.684. The molecule has 0 heterocycles. The molecule has 1 aromatic carbocycles. The van der Waals surface area contributed by atoms with Crippen molar-refractivity contribution in [2.24, 2.45) is 11.8 Å². The van der Waals surface area contributed by atoms with Gasteiger partial charge in [-0.2, -0.15) is 0 Å². The molecule has 1 atom stereocenters. The van der Waals surface area contributed by atoms with E-state index in [-0.39, 0.29) is 0 Å². The van der Waals surface area contributed by atoms with Gasteiger partial charge in [-0.15, -0.1) is 0 Å². The van der Waals surface area contributed by atoms with Crippen LogP contribution in [0.1, 0.15) is 56.6 Å². The Bertz CT molecular complexity index is 379. The van der Waals surface area contributed by atoms with E-state index in [0.29, 0.717) is 0 Å². The Balaban J connectivity index is 1.99. The second-order valence-electron chi connectivity index (χ2n) is 6.49. The first-order valence-corrected chi connectivity index (χ1v) is 8.56.